The minimum atomic E-state index is -0.529. The van der Waals surface area contributed by atoms with E-state index >= 15 is 0 Å². The van der Waals surface area contributed by atoms with Gasteiger partial charge in [0.25, 0.3) is 0 Å². The van der Waals surface area contributed by atoms with Gasteiger partial charge < -0.3 is 10.5 Å². The molecule has 0 spiro atoms. The Labute approximate surface area is 124 Å². The molecule has 19 heavy (non-hydrogen) atoms. The summed E-state index contributed by atoms with van der Waals surface area (Å²) in [5, 5.41) is 0.573. The lowest BCUT2D eigenvalue weighted by Crippen LogP contribution is -2.14. The van der Waals surface area contributed by atoms with Gasteiger partial charge in [0, 0.05) is 15.1 Å². The summed E-state index contributed by atoms with van der Waals surface area (Å²) in [5.74, 6) is 0.185. The van der Waals surface area contributed by atoms with Gasteiger partial charge in [-0.25, -0.2) is 4.39 Å². The van der Waals surface area contributed by atoms with Gasteiger partial charge in [-0.1, -0.05) is 27.5 Å². The molecule has 5 heteroatoms. The topological polar surface area (TPSA) is 35.2 Å². The summed E-state index contributed by atoms with van der Waals surface area (Å²) in [6, 6.07) is 9.05. The number of methoxy groups -OCH3 is 1. The standard InChI is InChI=1S/C14H12BrClFNO/c1-19-13-5-3-9(17)7-11(13)14(18)10-6-8(16)2-4-12(10)15/h2-7,14H,18H2,1H3. The molecule has 2 rings (SSSR count). The molecule has 0 aliphatic rings. The predicted molar refractivity (Wildman–Crippen MR) is 78.1 cm³/mol. The molecule has 0 aliphatic carbocycles. The summed E-state index contributed by atoms with van der Waals surface area (Å²) < 4.78 is 19.4. The highest BCUT2D eigenvalue weighted by Gasteiger charge is 2.17. The Hall–Kier alpha value is -1.10. The average Bonchev–Trinajstić information content (AvgIpc) is 2.40. The molecule has 0 bridgehead atoms. The normalized spacial score (nSPS) is 12.3. The van der Waals surface area contributed by atoms with Crippen LogP contribution in [0.4, 0.5) is 4.39 Å². The van der Waals surface area contributed by atoms with Crippen molar-refractivity contribution in [2.75, 3.05) is 7.11 Å². The summed E-state index contributed by atoms with van der Waals surface area (Å²) in [5.41, 5.74) is 7.54. The van der Waals surface area contributed by atoms with Crippen LogP contribution >= 0.6 is 27.5 Å². The molecule has 0 radical (unpaired) electrons. The van der Waals surface area contributed by atoms with E-state index in [-0.39, 0.29) is 5.82 Å². The van der Waals surface area contributed by atoms with Crippen LogP contribution in [0.1, 0.15) is 17.2 Å². The minimum Gasteiger partial charge on any atom is -0.496 e. The monoisotopic (exact) mass is 343 g/mol. The zero-order valence-corrected chi connectivity index (χ0v) is 12.5. The van der Waals surface area contributed by atoms with Crippen LogP contribution in [0.5, 0.6) is 5.75 Å². The molecule has 2 nitrogen and oxygen atoms in total. The number of benzene rings is 2. The van der Waals surface area contributed by atoms with E-state index in [1.807, 2.05) is 6.07 Å². The SMILES string of the molecule is COc1ccc(F)cc1C(N)c1cc(Cl)ccc1Br. The van der Waals surface area contributed by atoms with Crippen molar-refractivity contribution in [3.63, 3.8) is 0 Å². The zero-order chi connectivity index (χ0) is 14.0. The number of halogens is 3. The lowest BCUT2D eigenvalue weighted by atomic mass is 9.98. The van der Waals surface area contributed by atoms with Gasteiger partial charge in [-0.2, -0.15) is 0 Å². The lowest BCUT2D eigenvalue weighted by molar-refractivity contribution is 0.406. The summed E-state index contributed by atoms with van der Waals surface area (Å²) in [6.45, 7) is 0. The van der Waals surface area contributed by atoms with E-state index in [4.69, 9.17) is 22.1 Å². The molecule has 0 aliphatic heterocycles. The van der Waals surface area contributed by atoms with Crippen LogP contribution in [0.3, 0.4) is 0 Å². The first-order chi connectivity index (χ1) is 9.02. The summed E-state index contributed by atoms with van der Waals surface area (Å²) in [6.07, 6.45) is 0. The Morgan fingerprint density at radius 1 is 1.21 bits per heavy atom. The molecule has 100 valence electrons. The van der Waals surface area contributed by atoms with E-state index < -0.39 is 6.04 Å². The molecule has 2 aromatic carbocycles. The van der Waals surface area contributed by atoms with Gasteiger partial charge in [0.05, 0.1) is 13.2 Å². The summed E-state index contributed by atoms with van der Waals surface area (Å²) in [7, 11) is 1.52. The fourth-order valence-electron chi connectivity index (χ4n) is 1.87. The maximum atomic E-state index is 13.4. The highest BCUT2D eigenvalue weighted by Crippen LogP contribution is 2.33. The second-order valence-electron chi connectivity index (χ2n) is 4.03. The number of hydrogen-bond acceptors (Lipinski definition) is 2. The summed E-state index contributed by atoms with van der Waals surface area (Å²) >= 11 is 9.39. The molecular formula is C14H12BrClFNO. The second-order valence-corrected chi connectivity index (χ2v) is 5.32. The van der Waals surface area contributed by atoms with Crippen LogP contribution in [-0.4, -0.2) is 7.11 Å². The van der Waals surface area contributed by atoms with E-state index in [9.17, 15) is 4.39 Å². The second kappa shape index (κ2) is 5.90. The zero-order valence-electron chi connectivity index (χ0n) is 10.2. The fraction of sp³-hybridized carbons (Fsp3) is 0.143. The van der Waals surface area contributed by atoms with E-state index in [0.717, 1.165) is 10.0 Å². The maximum Gasteiger partial charge on any atom is 0.124 e. The Bertz CT molecular complexity index is 606. The number of rotatable bonds is 3. The Balaban J connectivity index is 2.51. The number of hydrogen-bond donors (Lipinski definition) is 1. The van der Waals surface area contributed by atoms with Crippen molar-refractivity contribution < 1.29 is 9.13 Å². The average molecular weight is 345 g/mol. The van der Waals surface area contributed by atoms with Crippen LogP contribution < -0.4 is 10.5 Å². The highest BCUT2D eigenvalue weighted by atomic mass is 79.9. The van der Waals surface area contributed by atoms with Crippen molar-refractivity contribution in [3.8, 4) is 5.75 Å². The Morgan fingerprint density at radius 2 is 1.95 bits per heavy atom. The van der Waals surface area contributed by atoms with Crippen LogP contribution in [0.25, 0.3) is 0 Å². The minimum absolute atomic E-state index is 0.357. The van der Waals surface area contributed by atoms with Gasteiger partial charge in [0.2, 0.25) is 0 Å². The molecule has 0 saturated carbocycles. The molecule has 2 N–H and O–H groups in total. The van der Waals surface area contributed by atoms with Crippen molar-refractivity contribution in [1.82, 2.24) is 0 Å². The molecule has 1 atom stereocenters. The van der Waals surface area contributed by atoms with Gasteiger partial charge in [-0.15, -0.1) is 0 Å². The summed E-state index contributed by atoms with van der Waals surface area (Å²) in [4.78, 5) is 0. The Kier molecular flexibility index (Phi) is 4.45. The van der Waals surface area contributed by atoms with Gasteiger partial charge >= 0.3 is 0 Å². The third-order valence-electron chi connectivity index (χ3n) is 2.82. The smallest absolute Gasteiger partial charge is 0.124 e. The van der Waals surface area contributed by atoms with E-state index in [0.29, 0.717) is 16.3 Å². The predicted octanol–water partition coefficient (Wildman–Crippen LogP) is 4.30. The number of ether oxygens (including phenoxy) is 1. The lowest BCUT2D eigenvalue weighted by Gasteiger charge is -2.17. The highest BCUT2D eigenvalue weighted by molar-refractivity contribution is 9.10. The largest absolute Gasteiger partial charge is 0.496 e. The van der Waals surface area contributed by atoms with Crippen molar-refractivity contribution >= 4 is 27.5 Å². The van der Waals surface area contributed by atoms with E-state index in [2.05, 4.69) is 15.9 Å². The molecular weight excluding hydrogens is 333 g/mol. The van der Waals surface area contributed by atoms with Crippen molar-refractivity contribution in [1.29, 1.82) is 0 Å². The fourth-order valence-corrected chi connectivity index (χ4v) is 2.54. The third-order valence-corrected chi connectivity index (χ3v) is 3.78. The molecule has 1 unspecified atom stereocenters. The van der Waals surface area contributed by atoms with Gasteiger partial charge in [0.1, 0.15) is 11.6 Å². The molecule has 2 aromatic rings. The van der Waals surface area contributed by atoms with Crippen LogP contribution in [0, 0.1) is 5.82 Å². The van der Waals surface area contributed by atoms with Crippen LogP contribution in [0.15, 0.2) is 40.9 Å². The molecule has 0 fully saturated rings. The molecule has 0 aromatic heterocycles. The quantitative estimate of drug-likeness (QED) is 0.901. The van der Waals surface area contributed by atoms with Crippen molar-refractivity contribution in [2.24, 2.45) is 5.73 Å². The molecule has 0 amide bonds. The molecule has 0 saturated heterocycles. The molecule has 0 heterocycles. The van der Waals surface area contributed by atoms with Gasteiger partial charge in [0.15, 0.2) is 0 Å². The first-order valence-corrected chi connectivity index (χ1v) is 6.74. The van der Waals surface area contributed by atoms with E-state index in [1.165, 1.54) is 19.2 Å². The maximum absolute atomic E-state index is 13.4. The van der Waals surface area contributed by atoms with Crippen LogP contribution in [-0.2, 0) is 0 Å². The van der Waals surface area contributed by atoms with Crippen molar-refractivity contribution in [2.45, 2.75) is 6.04 Å². The van der Waals surface area contributed by atoms with Crippen LogP contribution in [0.2, 0.25) is 5.02 Å². The third kappa shape index (κ3) is 3.08. The first-order valence-electron chi connectivity index (χ1n) is 5.57. The Morgan fingerprint density at radius 3 is 2.63 bits per heavy atom. The van der Waals surface area contributed by atoms with E-state index in [1.54, 1.807) is 18.2 Å². The first kappa shape index (κ1) is 14.3. The van der Waals surface area contributed by atoms with Gasteiger partial charge in [-0.05, 0) is 42.0 Å². The number of nitrogens with two attached hydrogens (primary N) is 1. The van der Waals surface area contributed by atoms with Gasteiger partial charge in [-0.3, -0.25) is 0 Å². The van der Waals surface area contributed by atoms with Crippen molar-refractivity contribution in [3.05, 3.63) is 62.8 Å².